The third-order valence-corrected chi connectivity index (χ3v) is 10.1. The van der Waals surface area contributed by atoms with Crippen molar-refractivity contribution in [1.29, 1.82) is 0 Å². The first kappa shape index (κ1) is 32.1. The SMILES string of the molecule is C=C1C[C@@H]2C[C@@H]3CCO[C@@H](O3)c3cccc(c3)/C=C\C[C@H]3O[C@@H](/C(C)=C/c4nccs4)[C@H](C)[C@@H](OC(=O)/C=C\C[C@@H](C1)O2)[C@H]3C. The summed E-state index contributed by atoms with van der Waals surface area (Å²) in [5.74, 6) is -0.360. The van der Waals surface area contributed by atoms with Gasteiger partial charge in [-0.1, -0.05) is 62.4 Å². The van der Waals surface area contributed by atoms with Crippen molar-refractivity contribution in [3.05, 3.63) is 87.9 Å². The molecule has 0 radical (unpaired) electrons. The molecule has 1 aromatic heterocycles. The quantitative estimate of drug-likeness (QED) is 0.247. The predicted molar refractivity (Wildman–Crippen MR) is 176 cm³/mol. The van der Waals surface area contributed by atoms with Gasteiger partial charge in [-0.25, -0.2) is 9.78 Å². The Labute approximate surface area is 271 Å². The van der Waals surface area contributed by atoms with Gasteiger partial charge in [-0.05, 0) is 62.3 Å². The molecule has 5 heterocycles. The smallest absolute Gasteiger partial charge is 0.330 e. The molecule has 2 aromatic rings. The van der Waals surface area contributed by atoms with E-state index in [0.717, 1.165) is 47.4 Å². The van der Waals surface area contributed by atoms with Crippen LogP contribution < -0.4 is 0 Å². The Kier molecular flexibility index (Phi) is 10.5. The van der Waals surface area contributed by atoms with Crippen LogP contribution in [-0.4, -0.2) is 54.2 Å². The summed E-state index contributed by atoms with van der Waals surface area (Å²) in [5, 5.41) is 2.90. The van der Waals surface area contributed by atoms with Gasteiger partial charge in [0.2, 0.25) is 0 Å². The fraction of sp³-hybridized carbons (Fsp3) is 0.514. The van der Waals surface area contributed by atoms with E-state index in [0.29, 0.717) is 19.4 Å². The van der Waals surface area contributed by atoms with E-state index in [1.54, 1.807) is 23.6 Å². The summed E-state index contributed by atoms with van der Waals surface area (Å²) in [4.78, 5) is 17.6. The van der Waals surface area contributed by atoms with Crippen LogP contribution in [0.15, 0.2) is 71.8 Å². The molecule has 7 nitrogen and oxygen atoms in total. The summed E-state index contributed by atoms with van der Waals surface area (Å²) in [6.45, 7) is 11.3. The van der Waals surface area contributed by atoms with E-state index >= 15 is 0 Å². The Morgan fingerprint density at radius 1 is 1.02 bits per heavy atom. The zero-order chi connectivity index (χ0) is 31.3. The second-order valence-corrected chi connectivity index (χ2v) is 13.9. The van der Waals surface area contributed by atoms with E-state index in [-0.39, 0.29) is 54.4 Å². The number of hydrogen-bond acceptors (Lipinski definition) is 8. The molecule has 6 rings (SSSR count). The van der Waals surface area contributed by atoms with Crippen LogP contribution in [0, 0.1) is 11.8 Å². The number of carbonyl (C=O) groups is 1. The van der Waals surface area contributed by atoms with E-state index < -0.39 is 6.29 Å². The van der Waals surface area contributed by atoms with Crippen LogP contribution in [0.3, 0.4) is 0 Å². The van der Waals surface area contributed by atoms with Gasteiger partial charge in [-0.2, -0.15) is 0 Å². The van der Waals surface area contributed by atoms with Crippen molar-refractivity contribution >= 4 is 29.5 Å². The van der Waals surface area contributed by atoms with Gasteiger partial charge in [0, 0.05) is 41.5 Å². The van der Waals surface area contributed by atoms with Crippen molar-refractivity contribution < 1.29 is 28.5 Å². The number of esters is 1. The summed E-state index contributed by atoms with van der Waals surface area (Å²) in [5.41, 5.74) is 4.33. The monoisotopic (exact) mass is 631 g/mol. The molecule has 0 saturated carbocycles. The standard InChI is InChI=1S/C37H45NO6S/c1-23-18-29-11-7-13-34(39)44-36-25(3)32(43-35(26(36)4)24(2)20-33-38-15-17-45-33)12-6-9-27-8-5-10-28(21-27)37-40-16-14-30(42-37)22-31(19-23)41-29/h5-10,13,15,17,20-21,25-26,29-32,35-37H,1,11-12,14,16,18-19,22H2,2-4H3/b9-6-,13-7-,24-20+/t25-,26-,29-,30-,31+,32+,35-,36-,37-/m0/s1. The summed E-state index contributed by atoms with van der Waals surface area (Å²) >= 11 is 1.59. The Morgan fingerprint density at radius 3 is 2.71 bits per heavy atom. The topological polar surface area (TPSA) is 76.1 Å². The first-order valence-corrected chi connectivity index (χ1v) is 17.2. The summed E-state index contributed by atoms with van der Waals surface area (Å²) in [6, 6.07) is 8.34. The summed E-state index contributed by atoms with van der Waals surface area (Å²) in [7, 11) is 0. The lowest BCUT2D eigenvalue weighted by atomic mass is 9.79. The lowest BCUT2D eigenvalue weighted by Gasteiger charge is -2.44. The molecule has 9 atom stereocenters. The number of carbonyl (C=O) groups excluding carboxylic acids is 1. The maximum Gasteiger partial charge on any atom is 0.330 e. The number of ether oxygens (including phenoxy) is 5. The first-order valence-electron chi connectivity index (χ1n) is 16.3. The zero-order valence-corrected chi connectivity index (χ0v) is 27.3. The number of nitrogens with zero attached hydrogens (tertiary/aromatic N) is 1. The number of rotatable bonds is 2. The molecule has 240 valence electrons. The van der Waals surface area contributed by atoms with Crippen molar-refractivity contribution in [2.24, 2.45) is 11.8 Å². The zero-order valence-electron chi connectivity index (χ0n) is 26.5. The fourth-order valence-corrected chi connectivity index (χ4v) is 7.77. The van der Waals surface area contributed by atoms with E-state index in [2.05, 4.69) is 68.8 Å². The maximum atomic E-state index is 13.2. The Hall–Kier alpha value is -2.88. The van der Waals surface area contributed by atoms with Crippen LogP contribution in [0.2, 0.25) is 0 Å². The molecular formula is C37H45NO6S. The van der Waals surface area contributed by atoms with Gasteiger partial charge in [-0.3, -0.25) is 0 Å². The molecule has 0 aliphatic carbocycles. The molecule has 0 amide bonds. The average Bonchev–Trinajstić information content (AvgIpc) is 3.53. The summed E-state index contributed by atoms with van der Waals surface area (Å²) < 4.78 is 32.0. The Bertz CT molecular complexity index is 1420. The Morgan fingerprint density at radius 2 is 1.87 bits per heavy atom. The number of aromatic nitrogens is 1. The van der Waals surface area contributed by atoms with Crippen LogP contribution in [-0.2, 0) is 28.5 Å². The van der Waals surface area contributed by atoms with Gasteiger partial charge in [0.05, 0.1) is 37.1 Å². The highest BCUT2D eigenvalue weighted by molar-refractivity contribution is 7.10. The van der Waals surface area contributed by atoms with Gasteiger partial charge in [0.15, 0.2) is 6.29 Å². The van der Waals surface area contributed by atoms with E-state index in [1.807, 2.05) is 17.5 Å². The highest BCUT2D eigenvalue weighted by Gasteiger charge is 2.43. The highest BCUT2D eigenvalue weighted by atomic mass is 32.1. The molecule has 8 bridgehead atoms. The minimum Gasteiger partial charge on any atom is -0.458 e. The molecule has 0 N–H and O–H groups in total. The lowest BCUT2D eigenvalue weighted by Crippen LogP contribution is -2.50. The largest absolute Gasteiger partial charge is 0.458 e. The van der Waals surface area contributed by atoms with Gasteiger partial charge in [0.1, 0.15) is 11.1 Å². The molecule has 1 aromatic carbocycles. The molecule has 4 aliphatic rings. The molecule has 45 heavy (non-hydrogen) atoms. The van der Waals surface area contributed by atoms with Gasteiger partial charge >= 0.3 is 5.97 Å². The molecule has 8 heteroatoms. The van der Waals surface area contributed by atoms with Crippen molar-refractivity contribution in [3.63, 3.8) is 0 Å². The lowest BCUT2D eigenvalue weighted by molar-refractivity contribution is -0.225. The normalized spacial score (nSPS) is 36.3. The molecule has 4 aliphatic heterocycles. The van der Waals surface area contributed by atoms with Crippen LogP contribution in [0.1, 0.15) is 81.7 Å². The predicted octanol–water partition coefficient (Wildman–Crippen LogP) is 7.86. The first-order chi connectivity index (χ1) is 21.8. The minimum atomic E-state index is -0.405. The van der Waals surface area contributed by atoms with Gasteiger partial charge in [-0.15, -0.1) is 11.3 Å². The van der Waals surface area contributed by atoms with Gasteiger partial charge < -0.3 is 23.7 Å². The van der Waals surface area contributed by atoms with Crippen LogP contribution in [0.5, 0.6) is 0 Å². The highest BCUT2D eigenvalue weighted by Crippen LogP contribution is 2.38. The van der Waals surface area contributed by atoms with Crippen LogP contribution in [0.25, 0.3) is 12.2 Å². The summed E-state index contributed by atoms with van der Waals surface area (Å²) in [6.07, 6.45) is 15.2. The second kappa shape index (κ2) is 14.7. The average molecular weight is 632 g/mol. The van der Waals surface area contributed by atoms with Crippen molar-refractivity contribution in [2.45, 2.75) is 102 Å². The van der Waals surface area contributed by atoms with E-state index in [4.69, 9.17) is 23.7 Å². The van der Waals surface area contributed by atoms with Crippen LogP contribution in [0.4, 0.5) is 0 Å². The number of hydrogen-bond donors (Lipinski definition) is 0. The number of benzene rings is 1. The van der Waals surface area contributed by atoms with Crippen molar-refractivity contribution in [1.82, 2.24) is 4.98 Å². The third kappa shape index (κ3) is 8.10. The van der Waals surface area contributed by atoms with Crippen LogP contribution >= 0.6 is 11.3 Å². The second-order valence-electron chi connectivity index (χ2n) is 12.9. The third-order valence-electron chi connectivity index (χ3n) is 9.41. The van der Waals surface area contributed by atoms with E-state index in [9.17, 15) is 4.79 Å². The number of thiazole rings is 1. The number of fused-ring (bicyclic) bond motifs is 9. The Balaban J connectivity index is 1.28. The molecule has 3 fully saturated rings. The molecule has 3 saturated heterocycles. The maximum absolute atomic E-state index is 13.2. The van der Waals surface area contributed by atoms with Gasteiger partial charge in [0.25, 0.3) is 0 Å². The molecule has 0 spiro atoms. The molecular weight excluding hydrogens is 586 g/mol. The van der Waals surface area contributed by atoms with Crippen molar-refractivity contribution in [2.75, 3.05) is 6.61 Å². The van der Waals surface area contributed by atoms with Crippen molar-refractivity contribution in [3.8, 4) is 0 Å². The van der Waals surface area contributed by atoms with E-state index in [1.165, 1.54) is 5.57 Å². The fourth-order valence-electron chi connectivity index (χ4n) is 7.13. The minimum absolute atomic E-state index is 0.00177. The molecule has 0 unspecified atom stereocenters.